The van der Waals surface area contributed by atoms with Crippen LogP contribution in [0.25, 0.3) is 0 Å². The molecule has 1 aromatic rings. The summed E-state index contributed by atoms with van der Waals surface area (Å²) in [7, 11) is 0. The largest absolute Gasteiger partial charge is 0.481 e. The number of hydrogen-bond donors (Lipinski definition) is 2. The van der Waals surface area contributed by atoms with E-state index in [1.807, 2.05) is 30.5 Å². The van der Waals surface area contributed by atoms with E-state index < -0.39 is 12.0 Å². The second kappa shape index (κ2) is 6.56. The van der Waals surface area contributed by atoms with E-state index >= 15 is 0 Å². The van der Waals surface area contributed by atoms with Crippen LogP contribution >= 0.6 is 11.8 Å². The van der Waals surface area contributed by atoms with Gasteiger partial charge in [0.2, 0.25) is 5.91 Å². The van der Waals surface area contributed by atoms with Crippen molar-refractivity contribution in [2.45, 2.75) is 49.5 Å². The molecule has 2 atom stereocenters. The van der Waals surface area contributed by atoms with Crippen molar-refractivity contribution >= 4 is 23.6 Å². The zero-order valence-corrected chi connectivity index (χ0v) is 14.2. The van der Waals surface area contributed by atoms with Gasteiger partial charge in [0.25, 0.3) is 0 Å². The molecule has 2 aliphatic rings. The molecule has 2 aliphatic carbocycles. The summed E-state index contributed by atoms with van der Waals surface area (Å²) >= 11 is 1.64. The number of aliphatic carboxylic acids is 1. The molecule has 4 nitrogen and oxygen atoms in total. The van der Waals surface area contributed by atoms with Crippen LogP contribution in [0.4, 0.5) is 0 Å². The molecule has 5 heteroatoms. The van der Waals surface area contributed by atoms with Crippen molar-refractivity contribution in [2.24, 2.45) is 11.3 Å². The Hall–Kier alpha value is -1.49. The molecule has 0 saturated heterocycles. The van der Waals surface area contributed by atoms with Crippen molar-refractivity contribution in [3.8, 4) is 0 Å². The average Bonchev–Trinajstić information content (AvgIpc) is 3.04. The van der Waals surface area contributed by atoms with Gasteiger partial charge in [-0.1, -0.05) is 25.0 Å². The van der Waals surface area contributed by atoms with Crippen molar-refractivity contribution in [3.05, 3.63) is 29.8 Å². The van der Waals surface area contributed by atoms with E-state index in [0.29, 0.717) is 0 Å². The third-order valence-corrected chi connectivity index (χ3v) is 6.06. The molecule has 0 aliphatic heterocycles. The minimum absolute atomic E-state index is 0.0343. The van der Waals surface area contributed by atoms with E-state index in [2.05, 4.69) is 5.32 Å². The van der Waals surface area contributed by atoms with Crippen LogP contribution in [0, 0.1) is 11.3 Å². The van der Waals surface area contributed by atoms with E-state index in [1.165, 1.54) is 12.8 Å². The van der Waals surface area contributed by atoms with Crippen LogP contribution in [0.1, 0.15) is 50.1 Å². The Labute approximate surface area is 141 Å². The molecule has 1 aromatic carbocycles. The Morgan fingerprint density at radius 2 is 1.96 bits per heavy atom. The highest BCUT2D eigenvalue weighted by atomic mass is 32.2. The monoisotopic (exact) mass is 333 g/mol. The predicted molar refractivity (Wildman–Crippen MR) is 90.4 cm³/mol. The number of carboxylic acid groups (broad SMARTS) is 1. The van der Waals surface area contributed by atoms with Crippen molar-refractivity contribution in [3.63, 3.8) is 0 Å². The maximum Gasteiger partial charge on any atom is 0.305 e. The summed E-state index contributed by atoms with van der Waals surface area (Å²) in [5, 5.41) is 12.2. The quantitative estimate of drug-likeness (QED) is 0.780. The number of rotatable bonds is 6. The maximum atomic E-state index is 12.5. The molecule has 124 valence electrons. The van der Waals surface area contributed by atoms with Gasteiger partial charge in [-0.05, 0) is 48.6 Å². The minimum atomic E-state index is -0.893. The molecule has 23 heavy (non-hydrogen) atoms. The van der Waals surface area contributed by atoms with Crippen molar-refractivity contribution in [2.75, 3.05) is 6.26 Å². The second-order valence-corrected chi connectivity index (χ2v) is 7.64. The number of nitrogens with one attached hydrogen (secondary N) is 1. The third kappa shape index (κ3) is 3.55. The molecule has 2 unspecified atom stereocenters. The molecule has 0 aromatic heterocycles. The zero-order chi connectivity index (χ0) is 16.4. The van der Waals surface area contributed by atoms with E-state index in [9.17, 15) is 9.59 Å². The van der Waals surface area contributed by atoms with Gasteiger partial charge in [0.05, 0.1) is 12.5 Å². The zero-order valence-electron chi connectivity index (χ0n) is 13.4. The Morgan fingerprint density at radius 3 is 2.52 bits per heavy atom. The molecular formula is C18H23NO3S. The first-order valence-corrected chi connectivity index (χ1v) is 9.43. The molecule has 0 heterocycles. The minimum Gasteiger partial charge on any atom is -0.481 e. The van der Waals surface area contributed by atoms with Gasteiger partial charge in [-0.15, -0.1) is 11.8 Å². The van der Waals surface area contributed by atoms with Gasteiger partial charge in [0.15, 0.2) is 0 Å². The van der Waals surface area contributed by atoms with Gasteiger partial charge in [-0.2, -0.15) is 0 Å². The van der Waals surface area contributed by atoms with Gasteiger partial charge in [0, 0.05) is 10.8 Å². The SMILES string of the molecule is CSc1ccc(C(CC(=O)O)NC(=O)C2CC23CCCC3)cc1. The molecule has 3 rings (SSSR count). The summed E-state index contributed by atoms with van der Waals surface area (Å²) < 4.78 is 0. The van der Waals surface area contributed by atoms with Crippen LogP contribution in [-0.4, -0.2) is 23.2 Å². The van der Waals surface area contributed by atoms with Crippen LogP contribution in [0.3, 0.4) is 0 Å². The highest BCUT2D eigenvalue weighted by Gasteiger charge is 2.58. The van der Waals surface area contributed by atoms with Gasteiger partial charge in [0.1, 0.15) is 0 Å². The third-order valence-electron chi connectivity index (χ3n) is 5.32. The number of amides is 1. The standard InChI is InChI=1S/C18H23NO3S/c1-23-13-6-4-12(5-7-13)15(10-16(20)21)19-17(22)14-11-18(14)8-2-3-9-18/h4-7,14-15H,2-3,8-11H2,1H3,(H,19,22)(H,20,21). The number of thioether (sulfide) groups is 1. The lowest BCUT2D eigenvalue weighted by molar-refractivity contribution is -0.137. The number of carbonyl (C=O) groups is 2. The predicted octanol–water partition coefficient (Wildman–Crippen LogP) is 3.62. The normalized spacial score (nSPS) is 22.7. The molecule has 2 N–H and O–H groups in total. The van der Waals surface area contributed by atoms with Crippen LogP contribution in [0.2, 0.25) is 0 Å². The van der Waals surface area contributed by atoms with Crippen LogP contribution in [-0.2, 0) is 9.59 Å². The Bertz CT molecular complexity index is 593. The van der Waals surface area contributed by atoms with E-state index in [-0.39, 0.29) is 23.7 Å². The summed E-state index contributed by atoms with van der Waals surface area (Å²) in [6.07, 6.45) is 7.64. The van der Waals surface area contributed by atoms with E-state index in [1.54, 1.807) is 11.8 Å². The lowest BCUT2D eigenvalue weighted by atomic mass is 10.00. The smallest absolute Gasteiger partial charge is 0.305 e. The second-order valence-electron chi connectivity index (χ2n) is 6.76. The van der Waals surface area contributed by atoms with E-state index in [4.69, 9.17) is 5.11 Å². The van der Waals surface area contributed by atoms with Gasteiger partial charge in [-0.25, -0.2) is 0 Å². The van der Waals surface area contributed by atoms with E-state index in [0.717, 1.165) is 29.7 Å². The fourth-order valence-corrected chi connectivity index (χ4v) is 4.29. The van der Waals surface area contributed by atoms with Crippen LogP contribution in [0.5, 0.6) is 0 Å². The molecule has 2 fully saturated rings. The first-order chi connectivity index (χ1) is 11.0. The first kappa shape index (κ1) is 16.4. The van der Waals surface area contributed by atoms with Gasteiger partial charge in [-0.3, -0.25) is 9.59 Å². The summed E-state index contributed by atoms with van der Waals surface area (Å²) in [4.78, 5) is 24.8. The Kier molecular flexibility index (Phi) is 4.67. The van der Waals surface area contributed by atoms with Gasteiger partial charge < -0.3 is 10.4 Å². The Morgan fingerprint density at radius 1 is 1.30 bits per heavy atom. The van der Waals surface area contributed by atoms with Crippen molar-refractivity contribution in [1.82, 2.24) is 5.32 Å². The van der Waals surface area contributed by atoms with Crippen LogP contribution < -0.4 is 5.32 Å². The topological polar surface area (TPSA) is 66.4 Å². The molecule has 1 amide bonds. The molecule has 1 spiro atoms. The fourth-order valence-electron chi connectivity index (χ4n) is 3.89. The lowest BCUT2D eigenvalue weighted by Gasteiger charge is -2.19. The highest BCUT2D eigenvalue weighted by molar-refractivity contribution is 7.98. The summed E-state index contributed by atoms with van der Waals surface area (Å²) in [5.41, 5.74) is 1.10. The average molecular weight is 333 g/mol. The number of carbonyl (C=O) groups excluding carboxylic acids is 1. The summed E-state index contributed by atoms with van der Waals surface area (Å²) in [6.45, 7) is 0. The van der Waals surface area contributed by atoms with Crippen molar-refractivity contribution < 1.29 is 14.7 Å². The molecule has 2 saturated carbocycles. The first-order valence-electron chi connectivity index (χ1n) is 8.20. The Balaban J connectivity index is 1.69. The number of carboxylic acids is 1. The van der Waals surface area contributed by atoms with Crippen molar-refractivity contribution in [1.29, 1.82) is 0 Å². The highest BCUT2D eigenvalue weighted by Crippen LogP contribution is 2.62. The maximum absolute atomic E-state index is 12.5. The van der Waals surface area contributed by atoms with Crippen LogP contribution in [0.15, 0.2) is 29.2 Å². The molecule has 0 radical (unpaired) electrons. The number of benzene rings is 1. The summed E-state index contributed by atoms with van der Waals surface area (Å²) in [6, 6.07) is 7.32. The molecule has 0 bridgehead atoms. The molecular weight excluding hydrogens is 310 g/mol. The fraction of sp³-hybridized carbons (Fsp3) is 0.556. The number of hydrogen-bond acceptors (Lipinski definition) is 3. The van der Waals surface area contributed by atoms with Gasteiger partial charge >= 0.3 is 5.97 Å². The lowest BCUT2D eigenvalue weighted by Crippen LogP contribution is -2.32. The summed E-state index contributed by atoms with van der Waals surface area (Å²) in [5.74, 6) is -0.769.